The zero-order chi connectivity index (χ0) is 22.2. The van der Waals surface area contributed by atoms with Gasteiger partial charge in [-0.05, 0) is 42.0 Å². The van der Waals surface area contributed by atoms with E-state index in [1.807, 2.05) is 12.1 Å². The van der Waals surface area contributed by atoms with E-state index in [0.717, 1.165) is 17.3 Å². The summed E-state index contributed by atoms with van der Waals surface area (Å²) < 4.78 is 33.6. The van der Waals surface area contributed by atoms with E-state index in [9.17, 15) is 18.4 Å². The molecule has 3 aromatic rings. The molecule has 0 bridgehead atoms. The molecule has 0 atom stereocenters. The fourth-order valence-electron chi connectivity index (χ4n) is 2.51. The van der Waals surface area contributed by atoms with E-state index in [1.54, 1.807) is 19.2 Å². The lowest BCUT2D eigenvalue weighted by molar-refractivity contribution is -0.113. The highest BCUT2D eigenvalue weighted by molar-refractivity contribution is 7.99. The molecule has 1 aromatic heterocycles. The molecule has 0 radical (unpaired) electrons. The van der Waals surface area contributed by atoms with Gasteiger partial charge in [-0.15, -0.1) is 10.2 Å². The van der Waals surface area contributed by atoms with Crippen molar-refractivity contribution in [3.63, 3.8) is 0 Å². The third-order valence-electron chi connectivity index (χ3n) is 3.98. The summed E-state index contributed by atoms with van der Waals surface area (Å²) in [6.07, 6.45) is 0.309. The summed E-state index contributed by atoms with van der Waals surface area (Å²) in [6.45, 7) is -2.91. The number of aromatic nitrogens is 3. The summed E-state index contributed by atoms with van der Waals surface area (Å²) in [5.41, 5.74) is 1.17. The Hall–Kier alpha value is -3.47. The SMILES string of the molecule is COc1ccc(Cc2nnc(SCC(=O)Nc3ccc(OC(F)F)cc3)[nH]c2=O)cc1. The summed E-state index contributed by atoms with van der Waals surface area (Å²) in [5, 5.41) is 10.7. The minimum absolute atomic E-state index is 0.00930. The molecule has 0 aliphatic rings. The van der Waals surface area contributed by atoms with Crippen molar-refractivity contribution in [1.29, 1.82) is 0 Å². The molecular weight excluding hydrogens is 430 g/mol. The second-order valence-corrected chi connectivity index (χ2v) is 7.13. The maximum absolute atomic E-state index is 12.2. The molecule has 162 valence electrons. The number of rotatable bonds is 9. The number of H-pyrrole nitrogens is 1. The molecule has 11 heteroatoms. The third kappa shape index (κ3) is 6.78. The second-order valence-electron chi connectivity index (χ2n) is 6.17. The summed E-state index contributed by atoms with van der Waals surface area (Å²) in [6, 6.07) is 12.8. The van der Waals surface area contributed by atoms with E-state index in [2.05, 4.69) is 25.2 Å². The number of nitrogens with one attached hydrogen (secondary N) is 2. The van der Waals surface area contributed by atoms with Crippen LogP contribution in [0.4, 0.5) is 14.5 Å². The topological polar surface area (TPSA) is 106 Å². The highest BCUT2D eigenvalue weighted by Crippen LogP contribution is 2.18. The summed E-state index contributed by atoms with van der Waals surface area (Å²) in [7, 11) is 1.57. The molecule has 2 N–H and O–H groups in total. The summed E-state index contributed by atoms with van der Waals surface area (Å²) >= 11 is 1.01. The summed E-state index contributed by atoms with van der Waals surface area (Å²) in [4.78, 5) is 26.9. The van der Waals surface area contributed by atoms with Crippen molar-refractivity contribution in [2.75, 3.05) is 18.2 Å². The van der Waals surface area contributed by atoms with Crippen LogP contribution in [0.15, 0.2) is 58.5 Å². The van der Waals surface area contributed by atoms with E-state index >= 15 is 0 Å². The van der Waals surface area contributed by atoms with Crippen molar-refractivity contribution >= 4 is 23.4 Å². The van der Waals surface area contributed by atoms with Gasteiger partial charge in [0.2, 0.25) is 5.91 Å². The summed E-state index contributed by atoms with van der Waals surface area (Å²) in [5.74, 6) is 0.311. The Balaban J connectivity index is 1.52. The first-order valence-electron chi connectivity index (χ1n) is 8.99. The molecule has 0 aliphatic carbocycles. The minimum atomic E-state index is -2.91. The van der Waals surface area contributed by atoms with E-state index in [-0.39, 0.29) is 33.8 Å². The van der Waals surface area contributed by atoms with Crippen molar-refractivity contribution in [3.05, 3.63) is 70.1 Å². The molecule has 0 unspecified atom stereocenters. The van der Waals surface area contributed by atoms with E-state index in [4.69, 9.17) is 4.74 Å². The quantitative estimate of drug-likeness (QED) is 0.485. The Morgan fingerprint density at radius 3 is 2.39 bits per heavy atom. The number of hydrogen-bond acceptors (Lipinski definition) is 7. The zero-order valence-corrected chi connectivity index (χ0v) is 17.1. The Kier molecular flexibility index (Phi) is 7.55. The normalized spacial score (nSPS) is 10.7. The highest BCUT2D eigenvalue weighted by atomic mass is 32.2. The van der Waals surface area contributed by atoms with Crippen LogP contribution in [0.2, 0.25) is 0 Å². The van der Waals surface area contributed by atoms with Gasteiger partial charge in [0.25, 0.3) is 5.56 Å². The maximum Gasteiger partial charge on any atom is 0.387 e. The molecular formula is C20H18F2N4O4S. The Bertz CT molecular complexity index is 1080. The lowest BCUT2D eigenvalue weighted by Crippen LogP contribution is -2.19. The van der Waals surface area contributed by atoms with Gasteiger partial charge >= 0.3 is 6.61 Å². The first kappa shape index (κ1) is 22.2. The molecule has 1 heterocycles. The van der Waals surface area contributed by atoms with Crippen LogP contribution in [0.25, 0.3) is 0 Å². The van der Waals surface area contributed by atoms with Crippen molar-refractivity contribution in [2.24, 2.45) is 0 Å². The average molecular weight is 448 g/mol. The van der Waals surface area contributed by atoms with E-state index in [1.165, 1.54) is 24.3 Å². The standard InChI is InChI=1S/C20H18F2N4O4S/c1-29-14-6-2-12(3-7-14)10-16-18(28)24-20(26-25-16)31-11-17(27)23-13-4-8-15(9-5-13)30-19(21)22/h2-9,19H,10-11H2,1H3,(H,23,27)(H,24,26,28). The van der Waals surface area contributed by atoms with Crippen LogP contribution >= 0.6 is 11.8 Å². The van der Waals surface area contributed by atoms with E-state index in [0.29, 0.717) is 17.9 Å². The van der Waals surface area contributed by atoms with Crippen LogP contribution in [0.1, 0.15) is 11.3 Å². The van der Waals surface area contributed by atoms with Gasteiger partial charge in [0.1, 0.15) is 17.2 Å². The minimum Gasteiger partial charge on any atom is -0.497 e. The van der Waals surface area contributed by atoms with Crippen LogP contribution in [0, 0.1) is 0 Å². The Labute approximate surface area is 180 Å². The van der Waals surface area contributed by atoms with Crippen molar-refractivity contribution in [2.45, 2.75) is 18.2 Å². The fourth-order valence-corrected chi connectivity index (χ4v) is 3.12. The first-order valence-corrected chi connectivity index (χ1v) is 9.98. The van der Waals surface area contributed by atoms with Crippen molar-refractivity contribution < 1.29 is 23.0 Å². The number of methoxy groups -OCH3 is 1. The van der Waals surface area contributed by atoms with Gasteiger partial charge in [0.15, 0.2) is 5.16 Å². The molecule has 0 spiro atoms. The smallest absolute Gasteiger partial charge is 0.387 e. The number of ether oxygens (including phenoxy) is 2. The molecule has 0 saturated carbocycles. The van der Waals surface area contributed by atoms with E-state index < -0.39 is 6.61 Å². The number of amides is 1. The van der Waals surface area contributed by atoms with Crippen LogP contribution < -0.4 is 20.3 Å². The van der Waals surface area contributed by atoms with Gasteiger partial charge in [-0.1, -0.05) is 23.9 Å². The van der Waals surface area contributed by atoms with Gasteiger partial charge in [0.05, 0.1) is 12.9 Å². The number of aromatic amines is 1. The lowest BCUT2D eigenvalue weighted by atomic mass is 10.1. The van der Waals surface area contributed by atoms with Gasteiger partial charge in [-0.3, -0.25) is 14.6 Å². The van der Waals surface area contributed by atoms with Crippen LogP contribution in [-0.2, 0) is 11.2 Å². The van der Waals surface area contributed by atoms with Crippen LogP contribution in [0.3, 0.4) is 0 Å². The number of thioether (sulfide) groups is 1. The Morgan fingerprint density at radius 2 is 1.77 bits per heavy atom. The van der Waals surface area contributed by atoms with Gasteiger partial charge < -0.3 is 14.8 Å². The first-order chi connectivity index (χ1) is 14.9. The average Bonchev–Trinajstić information content (AvgIpc) is 2.75. The maximum atomic E-state index is 12.2. The fraction of sp³-hybridized carbons (Fsp3) is 0.200. The molecule has 2 aromatic carbocycles. The predicted molar refractivity (Wildman–Crippen MR) is 111 cm³/mol. The monoisotopic (exact) mass is 448 g/mol. The largest absolute Gasteiger partial charge is 0.497 e. The third-order valence-corrected chi connectivity index (χ3v) is 4.84. The van der Waals surface area contributed by atoms with Crippen LogP contribution in [-0.4, -0.2) is 40.6 Å². The molecule has 0 saturated heterocycles. The number of carbonyl (C=O) groups is 1. The molecule has 0 aliphatic heterocycles. The van der Waals surface area contributed by atoms with Gasteiger partial charge in [-0.25, -0.2) is 0 Å². The van der Waals surface area contributed by atoms with Gasteiger partial charge in [-0.2, -0.15) is 8.78 Å². The zero-order valence-electron chi connectivity index (χ0n) is 16.3. The molecule has 3 rings (SSSR count). The number of alkyl halides is 2. The van der Waals surface area contributed by atoms with Crippen molar-refractivity contribution in [1.82, 2.24) is 15.2 Å². The number of carbonyl (C=O) groups excluding carboxylic acids is 1. The highest BCUT2D eigenvalue weighted by Gasteiger charge is 2.10. The number of anilines is 1. The Morgan fingerprint density at radius 1 is 1.10 bits per heavy atom. The number of halogens is 2. The number of nitrogens with zero attached hydrogens (tertiary/aromatic N) is 2. The van der Waals surface area contributed by atoms with Crippen LogP contribution in [0.5, 0.6) is 11.5 Å². The molecule has 1 amide bonds. The number of hydrogen-bond donors (Lipinski definition) is 2. The molecule has 8 nitrogen and oxygen atoms in total. The number of benzene rings is 2. The van der Waals surface area contributed by atoms with Gasteiger partial charge in [0, 0.05) is 12.1 Å². The molecule has 0 fully saturated rings. The predicted octanol–water partition coefficient (Wildman–Crippen LogP) is 3.10. The second kappa shape index (κ2) is 10.5. The molecule has 31 heavy (non-hydrogen) atoms. The lowest BCUT2D eigenvalue weighted by Gasteiger charge is -2.07. The van der Waals surface area contributed by atoms with Crippen molar-refractivity contribution in [3.8, 4) is 11.5 Å².